The van der Waals surface area contributed by atoms with Crippen molar-refractivity contribution in [3.63, 3.8) is 0 Å². The number of hydrogen-bond acceptors (Lipinski definition) is 4. The number of carbonyl (C=O) groups is 2. The van der Waals surface area contributed by atoms with Gasteiger partial charge in [0.15, 0.2) is 11.6 Å². The number of amides is 3. The fraction of sp³-hybridized carbons (Fsp3) is 0.278. The average molecular weight is 340 g/mol. The first kappa shape index (κ1) is 16.8. The molecule has 0 saturated carbocycles. The lowest BCUT2D eigenvalue weighted by Crippen LogP contribution is -2.53. The lowest BCUT2D eigenvalue weighted by atomic mass is 10.0. The molecule has 25 heavy (non-hydrogen) atoms. The van der Waals surface area contributed by atoms with Gasteiger partial charge in [0.1, 0.15) is 6.04 Å². The molecule has 3 amide bonds. The Kier molecular flexibility index (Phi) is 4.83. The molecule has 1 saturated heterocycles. The molecule has 1 fully saturated rings. The van der Waals surface area contributed by atoms with Gasteiger partial charge >= 0.3 is 6.03 Å². The Hall–Kier alpha value is -3.09. The molecule has 0 bridgehead atoms. The number of piperazine rings is 1. The van der Waals surface area contributed by atoms with Gasteiger partial charge in [-0.1, -0.05) is 30.3 Å². The minimum atomic E-state index is -0.675. The third-order valence-electron chi connectivity index (χ3n) is 4.03. The fourth-order valence-corrected chi connectivity index (χ4v) is 2.82. The Labute approximate surface area is 146 Å². The Morgan fingerprint density at radius 3 is 2.76 bits per heavy atom. The van der Waals surface area contributed by atoms with Crippen molar-refractivity contribution in [2.45, 2.75) is 13.0 Å². The summed E-state index contributed by atoms with van der Waals surface area (Å²) in [7, 11) is 1.52. The molecule has 1 unspecified atom stereocenters. The molecule has 7 nitrogen and oxygen atoms in total. The summed E-state index contributed by atoms with van der Waals surface area (Å²) in [6.07, 6.45) is 0. The minimum Gasteiger partial charge on any atom is -0.493 e. The Morgan fingerprint density at radius 1 is 1.28 bits per heavy atom. The lowest BCUT2D eigenvalue weighted by molar-refractivity contribution is -0.127. The van der Waals surface area contributed by atoms with Crippen LogP contribution in [0.3, 0.4) is 0 Å². The van der Waals surface area contributed by atoms with Gasteiger partial charge in [0, 0.05) is 18.8 Å². The van der Waals surface area contributed by atoms with E-state index in [0.29, 0.717) is 24.7 Å². The zero-order valence-electron chi connectivity index (χ0n) is 14.2. The molecule has 0 spiro atoms. The number of hydrogen-bond donors (Lipinski definition) is 2. The molecule has 1 aromatic carbocycles. The summed E-state index contributed by atoms with van der Waals surface area (Å²) < 4.78 is 5.25. The molecule has 2 aromatic rings. The van der Waals surface area contributed by atoms with Gasteiger partial charge in [-0.15, -0.1) is 0 Å². The summed E-state index contributed by atoms with van der Waals surface area (Å²) in [5.74, 6) is 0.610. The molecule has 0 radical (unpaired) electrons. The van der Waals surface area contributed by atoms with Crippen LogP contribution in [0.15, 0.2) is 42.5 Å². The van der Waals surface area contributed by atoms with Gasteiger partial charge in [0.25, 0.3) is 0 Å². The van der Waals surface area contributed by atoms with E-state index in [1.807, 2.05) is 37.3 Å². The van der Waals surface area contributed by atoms with Crippen LogP contribution in [-0.4, -0.2) is 42.0 Å². The number of carbonyl (C=O) groups excluding carboxylic acids is 2. The predicted octanol–water partition coefficient (Wildman–Crippen LogP) is 2.10. The standard InChI is InChI=1S/C18H20N4O3/c1-12-8-9-14(25-2)16(20-12)21-18(24)22-11-10-19-17(23)15(22)13-6-4-3-5-7-13/h3-9,15H,10-11H2,1-2H3,(H,19,23)(H,20,21,24). The monoisotopic (exact) mass is 340 g/mol. The van der Waals surface area contributed by atoms with E-state index in [-0.39, 0.29) is 11.9 Å². The van der Waals surface area contributed by atoms with Crippen LogP contribution < -0.4 is 15.4 Å². The van der Waals surface area contributed by atoms with Crippen molar-refractivity contribution in [2.75, 3.05) is 25.5 Å². The highest BCUT2D eigenvalue weighted by Crippen LogP contribution is 2.26. The van der Waals surface area contributed by atoms with Crippen molar-refractivity contribution in [3.05, 3.63) is 53.7 Å². The maximum atomic E-state index is 12.8. The van der Waals surface area contributed by atoms with E-state index in [0.717, 1.165) is 11.3 Å². The summed E-state index contributed by atoms with van der Waals surface area (Å²) in [6.45, 7) is 2.65. The molecule has 2 heterocycles. The second-order valence-electron chi connectivity index (χ2n) is 5.73. The Morgan fingerprint density at radius 2 is 2.04 bits per heavy atom. The van der Waals surface area contributed by atoms with Crippen LogP contribution in [0.25, 0.3) is 0 Å². The van der Waals surface area contributed by atoms with Crippen molar-refractivity contribution < 1.29 is 14.3 Å². The highest BCUT2D eigenvalue weighted by atomic mass is 16.5. The number of nitrogens with zero attached hydrogens (tertiary/aromatic N) is 2. The summed E-state index contributed by atoms with van der Waals surface area (Å²) in [4.78, 5) is 31.0. The minimum absolute atomic E-state index is 0.197. The van der Waals surface area contributed by atoms with Crippen LogP contribution >= 0.6 is 0 Å². The second-order valence-corrected chi connectivity index (χ2v) is 5.73. The maximum absolute atomic E-state index is 12.8. The molecule has 1 aromatic heterocycles. The van der Waals surface area contributed by atoms with Crippen molar-refractivity contribution >= 4 is 17.8 Å². The normalized spacial score (nSPS) is 17.0. The quantitative estimate of drug-likeness (QED) is 0.896. The molecule has 1 atom stereocenters. The Balaban J connectivity index is 1.87. The predicted molar refractivity (Wildman–Crippen MR) is 93.4 cm³/mol. The van der Waals surface area contributed by atoms with Crippen molar-refractivity contribution in [1.82, 2.24) is 15.2 Å². The van der Waals surface area contributed by atoms with Crippen molar-refractivity contribution in [3.8, 4) is 5.75 Å². The summed E-state index contributed by atoms with van der Waals surface area (Å²) >= 11 is 0. The number of aromatic nitrogens is 1. The molecule has 7 heteroatoms. The summed E-state index contributed by atoms with van der Waals surface area (Å²) in [6, 6.07) is 11.7. The van der Waals surface area contributed by atoms with Gasteiger partial charge < -0.3 is 15.0 Å². The summed E-state index contributed by atoms with van der Waals surface area (Å²) in [5.41, 5.74) is 1.52. The molecule has 0 aliphatic carbocycles. The van der Waals surface area contributed by atoms with Crippen LogP contribution in [0.5, 0.6) is 5.75 Å². The number of aryl methyl sites for hydroxylation is 1. The topological polar surface area (TPSA) is 83.6 Å². The number of pyridine rings is 1. The van der Waals surface area contributed by atoms with Crippen LogP contribution in [0.4, 0.5) is 10.6 Å². The molecule has 3 rings (SSSR count). The van der Waals surface area contributed by atoms with E-state index in [2.05, 4.69) is 15.6 Å². The highest BCUT2D eigenvalue weighted by molar-refractivity contribution is 5.95. The molecule has 130 valence electrons. The zero-order chi connectivity index (χ0) is 17.8. The molecule has 1 aliphatic rings. The molecule has 1 aliphatic heterocycles. The maximum Gasteiger partial charge on any atom is 0.324 e. The number of rotatable bonds is 3. The number of ether oxygens (including phenoxy) is 1. The zero-order valence-corrected chi connectivity index (χ0v) is 14.2. The highest BCUT2D eigenvalue weighted by Gasteiger charge is 2.34. The van der Waals surface area contributed by atoms with Crippen LogP contribution in [0.2, 0.25) is 0 Å². The van der Waals surface area contributed by atoms with Crippen LogP contribution in [0, 0.1) is 6.92 Å². The second kappa shape index (κ2) is 7.21. The van der Waals surface area contributed by atoms with Gasteiger partial charge in [-0.2, -0.15) is 0 Å². The van der Waals surface area contributed by atoms with E-state index >= 15 is 0 Å². The van der Waals surface area contributed by atoms with Crippen LogP contribution in [-0.2, 0) is 4.79 Å². The molecular formula is C18H20N4O3. The lowest BCUT2D eigenvalue weighted by Gasteiger charge is -2.35. The van der Waals surface area contributed by atoms with E-state index < -0.39 is 6.04 Å². The average Bonchev–Trinajstić information content (AvgIpc) is 2.62. The largest absolute Gasteiger partial charge is 0.493 e. The van der Waals surface area contributed by atoms with E-state index in [1.54, 1.807) is 12.1 Å². The number of methoxy groups -OCH3 is 1. The number of nitrogens with one attached hydrogen (secondary N) is 2. The first-order valence-electron chi connectivity index (χ1n) is 8.02. The SMILES string of the molecule is COc1ccc(C)nc1NC(=O)N1CCNC(=O)C1c1ccccc1. The third-order valence-corrected chi connectivity index (χ3v) is 4.03. The van der Waals surface area contributed by atoms with Crippen molar-refractivity contribution in [2.24, 2.45) is 0 Å². The van der Waals surface area contributed by atoms with Gasteiger partial charge in [-0.25, -0.2) is 9.78 Å². The molecular weight excluding hydrogens is 320 g/mol. The van der Waals surface area contributed by atoms with Gasteiger partial charge in [-0.3, -0.25) is 10.1 Å². The first-order valence-corrected chi connectivity index (χ1v) is 8.02. The van der Waals surface area contributed by atoms with Gasteiger partial charge in [0.2, 0.25) is 5.91 Å². The third kappa shape index (κ3) is 3.55. The smallest absolute Gasteiger partial charge is 0.324 e. The number of anilines is 1. The summed E-state index contributed by atoms with van der Waals surface area (Å²) in [5, 5.41) is 5.57. The number of urea groups is 1. The van der Waals surface area contributed by atoms with E-state index in [9.17, 15) is 9.59 Å². The number of benzene rings is 1. The van der Waals surface area contributed by atoms with Gasteiger partial charge in [0.05, 0.1) is 7.11 Å². The van der Waals surface area contributed by atoms with Gasteiger partial charge in [-0.05, 0) is 24.6 Å². The van der Waals surface area contributed by atoms with E-state index in [1.165, 1.54) is 12.0 Å². The van der Waals surface area contributed by atoms with Crippen LogP contribution in [0.1, 0.15) is 17.3 Å². The Bertz CT molecular complexity index is 779. The van der Waals surface area contributed by atoms with Crippen molar-refractivity contribution in [1.29, 1.82) is 0 Å². The molecule has 2 N–H and O–H groups in total. The first-order chi connectivity index (χ1) is 12.1. The van der Waals surface area contributed by atoms with E-state index in [4.69, 9.17) is 4.74 Å². The fourth-order valence-electron chi connectivity index (χ4n) is 2.82.